The first-order valence-electron chi connectivity index (χ1n) is 10.1. The molecule has 0 atom stereocenters. The SMILES string of the molecule is CCO/C(=C\c1ccc(OCCN2c3ccccc3Oc3ccccc32)cc1)C(=O)O. The summed E-state index contributed by atoms with van der Waals surface area (Å²) in [7, 11) is 0. The maximum absolute atomic E-state index is 11.2. The maximum atomic E-state index is 11.2. The lowest BCUT2D eigenvalue weighted by Crippen LogP contribution is -2.26. The van der Waals surface area contributed by atoms with Crippen LogP contribution in [0.3, 0.4) is 0 Å². The average molecular weight is 417 g/mol. The summed E-state index contributed by atoms with van der Waals surface area (Å²) in [5.74, 6) is 1.18. The number of benzene rings is 3. The topological polar surface area (TPSA) is 68.2 Å². The fourth-order valence-corrected chi connectivity index (χ4v) is 3.41. The Balaban J connectivity index is 1.43. The molecule has 0 fully saturated rings. The zero-order chi connectivity index (χ0) is 21.6. The monoisotopic (exact) mass is 417 g/mol. The first-order valence-corrected chi connectivity index (χ1v) is 10.1. The molecule has 3 aromatic carbocycles. The normalized spacial score (nSPS) is 12.4. The molecule has 1 aliphatic rings. The van der Waals surface area contributed by atoms with Gasteiger partial charge in [0.2, 0.25) is 5.76 Å². The molecular weight excluding hydrogens is 394 g/mol. The van der Waals surface area contributed by atoms with Crippen molar-refractivity contribution in [3.63, 3.8) is 0 Å². The number of anilines is 2. The molecule has 0 radical (unpaired) electrons. The number of nitrogens with zero attached hydrogens (tertiary/aromatic N) is 1. The molecule has 0 amide bonds. The highest BCUT2D eigenvalue weighted by Crippen LogP contribution is 2.45. The van der Waals surface area contributed by atoms with Gasteiger partial charge in [-0.25, -0.2) is 4.79 Å². The number of rotatable bonds is 8. The maximum Gasteiger partial charge on any atom is 0.371 e. The van der Waals surface area contributed by atoms with Crippen LogP contribution in [0.15, 0.2) is 78.6 Å². The predicted octanol–water partition coefficient (Wildman–Crippen LogP) is 5.47. The number of carboxylic acids is 1. The van der Waals surface area contributed by atoms with Crippen molar-refractivity contribution in [2.75, 3.05) is 24.7 Å². The van der Waals surface area contributed by atoms with Crippen LogP contribution in [-0.2, 0) is 9.53 Å². The highest BCUT2D eigenvalue weighted by molar-refractivity contribution is 5.89. The third kappa shape index (κ3) is 4.64. The van der Waals surface area contributed by atoms with E-state index in [1.807, 2.05) is 60.7 Å². The van der Waals surface area contributed by atoms with Gasteiger partial charge < -0.3 is 24.2 Å². The molecular formula is C25H23NO5. The van der Waals surface area contributed by atoms with Crippen LogP contribution >= 0.6 is 0 Å². The molecule has 158 valence electrons. The molecule has 6 heteroatoms. The summed E-state index contributed by atoms with van der Waals surface area (Å²) in [6.07, 6.45) is 1.50. The molecule has 1 aliphatic heterocycles. The Hall–Kier alpha value is -3.93. The number of para-hydroxylation sites is 4. The van der Waals surface area contributed by atoms with E-state index in [0.29, 0.717) is 25.5 Å². The fraction of sp³-hybridized carbons (Fsp3) is 0.160. The minimum atomic E-state index is -1.09. The van der Waals surface area contributed by atoms with Gasteiger partial charge in [0.25, 0.3) is 0 Å². The van der Waals surface area contributed by atoms with E-state index in [4.69, 9.17) is 19.3 Å². The Labute approximate surface area is 180 Å². The van der Waals surface area contributed by atoms with Crippen molar-refractivity contribution < 1.29 is 24.1 Å². The van der Waals surface area contributed by atoms with Gasteiger partial charge >= 0.3 is 5.97 Å². The van der Waals surface area contributed by atoms with Crippen LogP contribution in [0.4, 0.5) is 11.4 Å². The molecule has 0 spiro atoms. The minimum absolute atomic E-state index is 0.0826. The highest BCUT2D eigenvalue weighted by Gasteiger charge is 2.23. The van der Waals surface area contributed by atoms with E-state index < -0.39 is 5.97 Å². The summed E-state index contributed by atoms with van der Waals surface area (Å²) in [4.78, 5) is 13.4. The van der Waals surface area contributed by atoms with Crippen molar-refractivity contribution in [2.45, 2.75) is 6.92 Å². The second kappa shape index (κ2) is 9.26. The summed E-state index contributed by atoms with van der Waals surface area (Å²) in [5, 5.41) is 9.17. The Morgan fingerprint density at radius 1 is 0.968 bits per heavy atom. The predicted molar refractivity (Wildman–Crippen MR) is 119 cm³/mol. The number of carboxylic acid groups (broad SMARTS) is 1. The molecule has 0 aliphatic carbocycles. The summed E-state index contributed by atoms with van der Waals surface area (Å²) < 4.78 is 17.1. The van der Waals surface area contributed by atoms with Crippen molar-refractivity contribution in [3.05, 3.63) is 84.1 Å². The Morgan fingerprint density at radius 2 is 1.58 bits per heavy atom. The largest absolute Gasteiger partial charge is 0.492 e. The first kappa shape index (κ1) is 20.3. The van der Waals surface area contributed by atoms with Crippen LogP contribution in [0, 0.1) is 0 Å². The molecule has 0 unspecified atom stereocenters. The summed E-state index contributed by atoms with van der Waals surface area (Å²) in [6.45, 7) is 3.16. The van der Waals surface area contributed by atoms with Crippen molar-refractivity contribution in [2.24, 2.45) is 0 Å². The standard InChI is InChI=1S/C25H23NO5/c1-2-29-24(25(27)28)17-18-11-13-19(14-12-18)30-16-15-26-20-7-3-5-9-22(20)31-23-10-6-4-8-21(23)26/h3-14,17H,2,15-16H2,1H3,(H,27,28)/b24-17-. The van der Waals surface area contributed by atoms with E-state index in [-0.39, 0.29) is 5.76 Å². The number of ether oxygens (including phenoxy) is 3. The van der Waals surface area contributed by atoms with E-state index in [1.165, 1.54) is 6.08 Å². The smallest absolute Gasteiger partial charge is 0.371 e. The van der Waals surface area contributed by atoms with E-state index in [1.54, 1.807) is 19.1 Å². The number of carbonyl (C=O) groups is 1. The first-order chi connectivity index (χ1) is 15.2. The molecule has 0 aromatic heterocycles. The van der Waals surface area contributed by atoms with Gasteiger partial charge in [-0.05, 0) is 55.0 Å². The fourth-order valence-electron chi connectivity index (χ4n) is 3.41. The molecule has 31 heavy (non-hydrogen) atoms. The molecule has 3 aromatic rings. The zero-order valence-corrected chi connectivity index (χ0v) is 17.2. The average Bonchev–Trinajstić information content (AvgIpc) is 2.79. The summed E-state index contributed by atoms with van der Waals surface area (Å²) in [5.41, 5.74) is 2.74. The molecule has 1 heterocycles. The zero-order valence-electron chi connectivity index (χ0n) is 17.2. The van der Waals surface area contributed by atoms with Gasteiger partial charge in [0, 0.05) is 0 Å². The molecule has 1 N–H and O–H groups in total. The summed E-state index contributed by atoms with van der Waals surface area (Å²) in [6, 6.07) is 23.1. The van der Waals surface area contributed by atoms with Crippen LogP contribution in [-0.4, -0.2) is 30.8 Å². The Morgan fingerprint density at radius 3 is 2.16 bits per heavy atom. The number of fused-ring (bicyclic) bond motifs is 2. The lowest BCUT2D eigenvalue weighted by Gasteiger charge is -2.32. The van der Waals surface area contributed by atoms with Gasteiger partial charge in [-0.1, -0.05) is 36.4 Å². The van der Waals surface area contributed by atoms with Crippen molar-refractivity contribution in [1.82, 2.24) is 0 Å². The van der Waals surface area contributed by atoms with Crippen molar-refractivity contribution in [1.29, 1.82) is 0 Å². The number of aliphatic carboxylic acids is 1. The van der Waals surface area contributed by atoms with Crippen LogP contribution < -0.4 is 14.4 Å². The van der Waals surface area contributed by atoms with Gasteiger partial charge in [0.1, 0.15) is 12.4 Å². The van der Waals surface area contributed by atoms with Gasteiger partial charge in [-0.2, -0.15) is 0 Å². The summed E-state index contributed by atoms with van der Waals surface area (Å²) >= 11 is 0. The second-order valence-electron chi connectivity index (χ2n) is 6.85. The van der Waals surface area contributed by atoms with E-state index in [9.17, 15) is 4.79 Å². The van der Waals surface area contributed by atoms with Crippen LogP contribution in [0.1, 0.15) is 12.5 Å². The Bertz CT molecular complexity index is 1050. The van der Waals surface area contributed by atoms with E-state index in [2.05, 4.69) is 4.90 Å². The highest BCUT2D eigenvalue weighted by atomic mass is 16.5. The minimum Gasteiger partial charge on any atom is -0.492 e. The number of hydrogen-bond donors (Lipinski definition) is 1. The van der Waals surface area contributed by atoms with Crippen molar-refractivity contribution >= 4 is 23.4 Å². The third-order valence-electron chi connectivity index (χ3n) is 4.80. The number of hydrogen-bond acceptors (Lipinski definition) is 5. The lowest BCUT2D eigenvalue weighted by atomic mass is 10.1. The van der Waals surface area contributed by atoms with Gasteiger partial charge in [0.05, 0.1) is 24.5 Å². The van der Waals surface area contributed by atoms with Crippen LogP contribution in [0.2, 0.25) is 0 Å². The van der Waals surface area contributed by atoms with Crippen LogP contribution in [0.25, 0.3) is 6.08 Å². The molecule has 0 saturated heterocycles. The Kier molecular flexibility index (Phi) is 6.08. The molecule has 0 saturated carbocycles. The van der Waals surface area contributed by atoms with Gasteiger partial charge in [-0.15, -0.1) is 0 Å². The van der Waals surface area contributed by atoms with E-state index in [0.717, 1.165) is 28.4 Å². The molecule has 4 rings (SSSR count). The van der Waals surface area contributed by atoms with Gasteiger partial charge in [-0.3, -0.25) is 0 Å². The molecule has 6 nitrogen and oxygen atoms in total. The van der Waals surface area contributed by atoms with Crippen LogP contribution in [0.5, 0.6) is 17.2 Å². The molecule has 0 bridgehead atoms. The lowest BCUT2D eigenvalue weighted by molar-refractivity contribution is -0.136. The van der Waals surface area contributed by atoms with Crippen molar-refractivity contribution in [3.8, 4) is 17.2 Å². The third-order valence-corrected chi connectivity index (χ3v) is 4.80. The van der Waals surface area contributed by atoms with E-state index >= 15 is 0 Å². The quantitative estimate of drug-likeness (QED) is 0.387. The van der Waals surface area contributed by atoms with Gasteiger partial charge in [0.15, 0.2) is 11.5 Å². The second-order valence-corrected chi connectivity index (χ2v) is 6.85.